The summed E-state index contributed by atoms with van der Waals surface area (Å²) in [4.78, 5) is 15.5. The first kappa shape index (κ1) is 11.8. The molecule has 86 valence electrons. The molecule has 0 spiro atoms. The van der Waals surface area contributed by atoms with Crippen LogP contribution in [0.1, 0.15) is 10.4 Å². The van der Waals surface area contributed by atoms with Crippen molar-refractivity contribution in [1.29, 1.82) is 0 Å². The molecule has 1 aromatic carbocycles. The van der Waals surface area contributed by atoms with Crippen molar-refractivity contribution in [3.8, 4) is 5.75 Å². The first-order chi connectivity index (χ1) is 8.15. The Kier molecular flexibility index (Phi) is 3.58. The van der Waals surface area contributed by atoms with Crippen LogP contribution in [0.4, 0.5) is 5.69 Å². The molecular formula is C12H9IN2O2. The minimum absolute atomic E-state index is 0.0275. The van der Waals surface area contributed by atoms with Crippen LogP contribution >= 0.6 is 22.6 Å². The van der Waals surface area contributed by atoms with Crippen LogP contribution in [0.25, 0.3) is 0 Å². The summed E-state index contributed by atoms with van der Waals surface area (Å²) in [6, 6.07) is 8.80. The van der Waals surface area contributed by atoms with E-state index in [1.807, 2.05) is 24.3 Å². The fraction of sp³-hybridized carbons (Fsp3) is 0. The van der Waals surface area contributed by atoms with Crippen molar-refractivity contribution in [2.75, 3.05) is 5.32 Å². The van der Waals surface area contributed by atoms with Gasteiger partial charge < -0.3 is 10.4 Å². The molecule has 0 bridgehead atoms. The molecule has 0 saturated heterocycles. The number of carbonyl (C=O) groups is 1. The minimum atomic E-state index is -0.297. The molecule has 4 nitrogen and oxygen atoms in total. The minimum Gasteiger partial charge on any atom is -0.506 e. The molecule has 2 aromatic rings. The first-order valence-corrected chi connectivity index (χ1v) is 5.94. The normalized spacial score (nSPS) is 9.94. The summed E-state index contributed by atoms with van der Waals surface area (Å²) in [5.74, 6) is -0.324. The monoisotopic (exact) mass is 340 g/mol. The maximum atomic E-state index is 11.8. The Balaban J connectivity index is 2.14. The van der Waals surface area contributed by atoms with Gasteiger partial charge in [0.2, 0.25) is 0 Å². The number of hydrogen-bond acceptors (Lipinski definition) is 3. The van der Waals surface area contributed by atoms with E-state index in [-0.39, 0.29) is 11.7 Å². The number of halogens is 1. The van der Waals surface area contributed by atoms with E-state index in [1.165, 1.54) is 18.5 Å². The van der Waals surface area contributed by atoms with Crippen LogP contribution in [-0.4, -0.2) is 16.0 Å². The maximum Gasteiger partial charge on any atom is 0.257 e. The van der Waals surface area contributed by atoms with E-state index in [4.69, 9.17) is 0 Å². The highest BCUT2D eigenvalue weighted by molar-refractivity contribution is 14.1. The van der Waals surface area contributed by atoms with Gasteiger partial charge in [-0.15, -0.1) is 0 Å². The second-order valence-electron chi connectivity index (χ2n) is 3.39. The molecule has 1 aromatic heterocycles. The lowest BCUT2D eigenvalue weighted by Crippen LogP contribution is -2.11. The average molecular weight is 340 g/mol. The van der Waals surface area contributed by atoms with Gasteiger partial charge in [-0.1, -0.05) is 0 Å². The highest BCUT2D eigenvalue weighted by atomic mass is 127. The van der Waals surface area contributed by atoms with Crippen LogP contribution in [0.2, 0.25) is 0 Å². The van der Waals surface area contributed by atoms with E-state index in [2.05, 4.69) is 32.9 Å². The Hall–Kier alpha value is -1.63. The third-order valence-corrected chi connectivity index (χ3v) is 2.81. The summed E-state index contributed by atoms with van der Waals surface area (Å²) < 4.78 is 1.10. The number of benzene rings is 1. The van der Waals surface area contributed by atoms with Crippen molar-refractivity contribution < 1.29 is 9.90 Å². The Morgan fingerprint density at radius 3 is 2.59 bits per heavy atom. The number of hydrogen-bond donors (Lipinski definition) is 2. The summed E-state index contributed by atoms with van der Waals surface area (Å²) in [6.07, 6.45) is 2.68. The van der Waals surface area contributed by atoms with Crippen LogP contribution in [0.15, 0.2) is 42.7 Å². The van der Waals surface area contributed by atoms with Gasteiger partial charge in [0, 0.05) is 15.5 Å². The van der Waals surface area contributed by atoms with Crippen molar-refractivity contribution in [3.63, 3.8) is 0 Å². The molecule has 0 unspecified atom stereocenters. The summed E-state index contributed by atoms with van der Waals surface area (Å²) in [5.41, 5.74) is 1.03. The molecule has 2 N–H and O–H groups in total. The second kappa shape index (κ2) is 5.13. The molecule has 1 amide bonds. The lowest BCUT2D eigenvalue weighted by Gasteiger charge is -2.05. The standard InChI is InChI=1S/C12H9IN2O2/c13-9-1-3-10(4-2-9)15-12(17)8-5-11(16)7-14-6-8/h1-7,16H,(H,15,17). The highest BCUT2D eigenvalue weighted by Crippen LogP contribution is 2.14. The second-order valence-corrected chi connectivity index (χ2v) is 4.64. The van der Waals surface area contributed by atoms with Gasteiger partial charge in [0.25, 0.3) is 5.91 Å². The Morgan fingerprint density at radius 1 is 1.24 bits per heavy atom. The molecule has 0 atom stereocenters. The molecule has 0 aliphatic heterocycles. The van der Waals surface area contributed by atoms with Gasteiger partial charge >= 0.3 is 0 Å². The summed E-state index contributed by atoms with van der Waals surface area (Å²) >= 11 is 2.19. The number of carbonyl (C=O) groups excluding carboxylic acids is 1. The van der Waals surface area contributed by atoms with Crippen molar-refractivity contribution in [2.24, 2.45) is 0 Å². The Bertz CT molecular complexity index is 540. The Labute approximate surface area is 112 Å². The number of rotatable bonds is 2. The van der Waals surface area contributed by atoms with Gasteiger partial charge in [-0.05, 0) is 52.9 Å². The topological polar surface area (TPSA) is 62.2 Å². The van der Waals surface area contributed by atoms with E-state index >= 15 is 0 Å². The molecule has 17 heavy (non-hydrogen) atoms. The maximum absolute atomic E-state index is 11.8. The van der Waals surface area contributed by atoms with Crippen molar-refractivity contribution in [3.05, 3.63) is 51.9 Å². The fourth-order valence-corrected chi connectivity index (χ4v) is 1.65. The van der Waals surface area contributed by atoms with E-state index in [0.717, 1.165) is 3.57 Å². The van der Waals surface area contributed by atoms with Gasteiger partial charge in [-0.2, -0.15) is 0 Å². The summed E-state index contributed by atoms with van der Waals surface area (Å²) in [5, 5.41) is 11.9. The van der Waals surface area contributed by atoms with Crippen LogP contribution in [0.5, 0.6) is 5.75 Å². The Morgan fingerprint density at radius 2 is 1.94 bits per heavy atom. The predicted molar refractivity (Wildman–Crippen MR) is 73.0 cm³/mol. The van der Waals surface area contributed by atoms with E-state index < -0.39 is 0 Å². The zero-order valence-corrected chi connectivity index (χ0v) is 10.9. The lowest BCUT2D eigenvalue weighted by molar-refractivity contribution is 0.102. The number of nitrogens with zero attached hydrogens (tertiary/aromatic N) is 1. The van der Waals surface area contributed by atoms with Gasteiger partial charge in [0.05, 0.1) is 11.8 Å². The lowest BCUT2D eigenvalue weighted by atomic mass is 10.2. The van der Waals surface area contributed by atoms with E-state index in [0.29, 0.717) is 11.3 Å². The molecule has 0 aliphatic rings. The number of nitrogens with one attached hydrogen (secondary N) is 1. The van der Waals surface area contributed by atoms with Crippen molar-refractivity contribution >= 4 is 34.2 Å². The first-order valence-electron chi connectivity index (χ1n) is 4.86. The van der Waals surface area contributed by atoms with Gasteiger partial charge in [-0.3, -0.25) is 9.78 Å². The fourth-order valence-electron chi connectivity index (χ4n) is 1.29. The molecule has 0 radical (unpaired) electrons. The van der Waals surface area contributed by atoms with E-state index in [9.17, 15) is 9.90 Å². The molecular weight excluding hydrogens is 331 g/mol. The van der Waals surface area contributed by atoms with Gasteiger partial charge in [-0.25, -0.2) is 0 Å². The highest BCUT2D eigenvalue weighted by Gasteiger charge is 2.06. The third kappa shape index (κ3) is 3.16. The van der Waals surface area contributed by atoms with Crippen molar-refractivity contribution in [2.45, 2.75) is 0 Å². The molecule has 2 rings (SSSR count). The molecule has 1 heterocycles. The summed E-state index contributed by atoms with van der Waals surface area (Å²) in [7, 11) is 0. The van der Waals surface area contributed by atoms with Crippen molar-refractivity contribution in [1.82, 2.24) is 4.98 Å². The number of aromatic hydroxyl groups is 1. The number of anilines is 1. The van der Waals surface area contributed by atoms with Gasteiger partial charge in [0.15, 0.2) is 0 Å². The van der Waals surface area contributed by atoms with Crippen LogP contribution in [-0.2, 0) is 0 Å². The zero-order valence-electron chi connectivity index (χ0n) is 8.72. The van der Waals surface area contributed by atoms with Crippen LogP contribution < -0.4 is 5.32 Å². The van der Waals surface area contributed by atoms with Gasteiger partial charge in [0.1, 0.15) is 5.75 Å². The summed E-state index contributed by atoms with van der Waals surface area (Å²) in [6.45, 7) is 0. The third-order valence-electron chi connectivity index (χ3n) is 2.09. The average Bonchev–Trinajstić information content (AvgIpc) is 2.32. The molecule has 0 aliphatic carbocycles. The predicted octanol–water partition coefficient (Wildman–Crippen LogP) is 2.64. The van der Waals surface area contributed by atoms with Crippen LogP contribution in [0, 0.1) is 3.57 Å². The number of pyridine rings is 1. The smallest absolute Gasteiger partial charge is 0.257 e. The molecule has 5 heteroatoms. The number of amides is 1. The van der Waals surface area contributed by atoms with Crippen LogP contribution in [0.3, 0.4) is 0 Å². The zero-order chi connectivity index (χ0) is 12.3. The van der Waals surface area contributed by atoms with E-state index in [1.54, 1.807) is 0 Å². The number of aromatic nitrogens is 1. The molecule has 0 saturated carbocycles. The largest absolute Gasteiger partial charge is 0.506 e. The quantitative estimate of drug-likeness (QED) is 0.827. The SMILES string of the molecule is O=C(Nc1ccc(I)cc1)c1cncc(O)c1. The molecule has 0 fully saturated rings.